The molecule has 1 aliphatic carbocycles. The molecule has 1 heterocycles. The SMILES string of the molecule is CCOC(=O)C1=C(C)NC2=C(C(=O)[C@@H](C(=O)OC)[C@H](C)C2)[C@@H]1c1cccc(OCC)c1. The number of esters is 2. The van der Waals surface area contributed by atoms with Crippen LogP contribution in [0.1, 0.15) is 45.6 Å². The second kappa shape index (κ2) is 9.37. The largest absolute Gasteiger partial charge is 0.494 e. The van der Waals surface area contributed by atoms with Crippen molar-refractivity contribution < 1.29 is 28.6 Å². The molecule has 3 rings (SSSR count). The first-order valence-corrected chi connectivity index (χ1v) is 10.6. The molecule has 166 valence electrons. The third-order valence-corrected chi connectivity index (χ3v) is 5.74. The molecule has 7 nitrogen and oxygen atoms in total. The van der Waals surface area contributed by atoms with E-state index in [-0.39, 0.29) is 18.3 Å². The second-order valence-corrected chi connectivity index (χ2v) is 7.76. The van der Waals surface area contributed by atoms with E-state index in [0.29, 0.717) is 35.6 Å². The molecule has 1 aliphatic heterocycles. The maximum absolute atomic E-state index is 13.6. The zero-order chi connectivity index (χ0) is 22.7. The van der Waals surface area contributed by atoms with Gasteiger partial charge in [0.2, 0.25) is 0 Å². The fourth-order valence-corrected chi connectivity index (χ4v) is 4.44. The predicted molar refractivity (Wildman–Crippen MR) is 114 cm³/mol. The molecule has 0 amide bonds. The lowest BCUT2D eigenvalue weighted by molar-refractivity contribution is -0.151. The van der Waals surface area contributed by atoms with E-state index in [1.54, 1.807) is 13.8 Å². The zero-order valence-electron chi connectivity index (χ0n) is 18.6. The molecule has 2 aliphatic rings. The summed E-state index contributed by atoms with van der Waals surface area (Å²) in [6, 6.07) is 7.34. The molecule has 0 spiro atoms. The van der Waals surface area contributed by atoms with Gasteiger partial charge in [-0.05, 0) is 50.8 Å². The Hall–Kier alpha value is -3.09. The first-order chi connectivity index (χ1) is 14.8. The van der Waals surface area contributed by atoms with Crippen molar-refractivity contribution in [3.8, 4) is 5.75 Å². The molecule has 1 aromatic rings. The quantitative estimate of drug-likeness (QED) is 0.550. The van der Waals surface area contributed by atoms with Gasteiger partial charge in [0.15, 0.2) is 5.78 Å². The molecule has 1 N–H and O–H groups in total. The zero-order valence-corrected chi connectivity index (χ0v) is 18.6. The summed E-state index contributed by atoms with van der Waals surface area (Å²) >= 11 is 0. The summed E-state index contributed by atoms with van der Waals surface area (Å²) < 4.78 is 15.9. The normalized spacial score (nSPS) is 23.1. The number of dihydropyridines is 1. The highest BCUT2D eigenvalue weighted by Crippen LogP contribution is 2.45. The second-order valence-electron chi connectivity index (χ2n) is 7.76. The van der Waals surface area contributed by atoms with E-state index in [1.807, 2.05) is 38.1 Å². The number of carbonyl (C=O) groups excluding carboxylic acids is 3. The van der Waals surface area contributed by atoms with Crippen LogP contribution in [0, 0.1) is 11.8 Å². The van der Waals surface area contributed by atoms with Crippen molar-refractivity contribution in [1.29, 1.82) is 0 Å². The van der Waals surface area contributed by atoms with Gasteiger partial charge in [-0.1, -0.05) is 19.1 Å². The topological polar surface area (TPSA) is 90.9 Å². The number of carbonyl (C=O) groups is 3. The van der Waals surface area contributed by atoms with Gasteiger partial charge in [0.1, 0.15) is 11.7 Å². The van der Waals surface area contributed by atoms with Crippen molar-refractivity contribution >= 4 is 17.7 Å². The van der Waals surface area contributed by atoms with Crippen LogP contribution in [0.2, 0.25) is 0 Å². The number of benzene rings is 1. The Morgan fingerprint density at radius 1 is 1.19 bits per heavy atom. The Labute approximate surface area is 182 Å². The number of ketones is 1. The van der Waals surface area contributed by atoms with Gasteiger partial charge in [-0.15, -0.1) is 0 Å². The van der Waals surface area contributed by atoms with E-state index in [0.717, 1.165) is 11.3 Å². The molecule has 0 saturated heterocycles. The smallest absolute Gasteiger partial charge is 0.336 e. The van der Waals surface area contributed by atoms with Crippen molar-refractivity contribution in [2.24, 2.45) is 11.8 Å². The lowest BCUT2D eigenvalue weighted by Gasteiger charge is -2.38. The van der Waals surface area contributed by atoms with Crippen LogP contribution in [-0.2, 0) is 23.9 Å². The summed E-state index contributed by atoms with van der Waals surface area (Å²) in [7, 11) is 1.28. The van der Waals surface area contributed by atoms with Gasteiger partial charge in [-0.25, -0.2) is 4.79 Å². The Bertz CT molecular complexity index is 961. The van der Waals surface area contributed by atoms with Gasteiger partial charge in [-0.3, -0.25) is 9.59 Å². The third-order valence-electron chi connectivity index (χ3n) is 5.74. The number of hydrogen-bond donors (Lipinski definition) is 1. The molecule has 0 saturated carbocycles. The maximum atomic E-state index is 13.6. The van der Waals surface area contributed by atoms with Crippen LogP contribution in [0.5, 0.6) is 5.75 Å². The highest BCUT2D eigenvalue weighted by atomic mass is 16.5. The van der Waals surface area contributed by atoms with Gasteiger partial charge < -0.3 is 19.5 Å². The van der Waals surface area contributed by atoms with Crippen LogP contribution < -0.4 is 10.1 Å². The van der Waals surface area contributed by atoms with Crippen LogP contribution in [-0.4, -0.2) is 38.0 Å². The summed E-state index contributed by atoms with van der Waals surface area (Å²) in [6.07, 6.45) is 0.496. The number of rotatable bonds is 6. The third kappa shape index (κ3) is 4.22. The Morgan fingerprint density at radius 3 is 2.58 bits per heavy atom. The summed E-state index contributed by atoms with van der Waals surface area (Å²) in [5, 5.41) is 3.24. The lowest BCUT2D eigenvalue weighted by Crippen LogP contribution is -2.43. The summed E-state index contributed by atoms with van der Waals surface area (Å²) in [5.41, 5.74) is 2.88. The van der Waals surface area contributed by atoms with Crippen molar-refractivity contribution in [1.82, 2.24) is 5.32 Å². The lowest BCUT2D eigenvalue weighted by atomic mass is 9.69. The average Bonchev–Trinajstić information content (AvgIpc) is 2.73. The summed E-state index contributed by atoms with van der Waals surface area (Å²) in [5.74, 6) is -2.54. The Kier molecular flexibility index (Phi) is 6.83. The summed E-state index contributed by atoms with van der Waals surface area (Å²) in [6.45, 7) is 7.98. The number of allylic oxidation sites excluding steroid dienone is 3. The molecule has 31 heavy (non-hydrogen) atoms. The van der Waals surface area contributed by atoms with Crippen LogP contribution in [0.3, 0.4) is 0 Å². The minimum absolute atomic E-state index is 0.211. The fourth-order valence-electron chi connectivity index (χ4n) is 4.44. The van der Waals surface area contributed by atoms with Crippen LogP contribution in [0.25, 0.3) is 0 Å². The van der Waals surface area contributed by atoms with Gasteiger partial charge in [0.05, 0.1) is 25.9 Å². The average molecular weight is 427 g/mol. The highest BCUT2D eigenvalue weighted by molar-refractivity contribution is 6.12. The molecule has 0 unspecified atom stereocenters. The van der Waals surface area contributed by atoms with E-state index in [1.165, 1.54) is 7.11 Å². The van der Waals surface area contributed by atoms with Crippen molar-refractivity contribution in [3.63, 3.8) is 0 Å². The number of hydrogen-bond acceptors (Lipinski definition) is 7. The molecule has 1 aromatic carbocycles. The van der Waals surface area contributed by atoms with Gasteiger partial charge in [0.25, 0.3) is 0 Å². The number of methoxy groups -OCH3 is 1. The molecule has 3 atom stereocenters. The predicted octanol–water partition coefficient (Wildman–Crippen LogP) is 3.26. The van der Waals surface area contributed by atoms with E-state index in [2.05, 4.69) is 5.32 Å². The fraction of sp³-hybridized carbons (Fsp3) is 0.458. The van der Waals surface area contributed by atoms with Gasteiger partial charge in [-0.2, -0.15) is 0 Å². The van der Waals surface area contributed by atoms with E-state index in [9.17, 15) is 14.4 Å². The minimum atomic E-state index is -0.912. The first kappa shape index (κ1) is 22.6. The van der Waals surface area contributed by atoms with Crippen LogP contribution in [0.15, 0.2) is 46.8 Å². The van der Waals surface area contributed by atoms with Crippen molar-refractivity contribution in [2.45, 2.75) is 40.0 Å². The van der Waals surface area contributed by atoms with E-state index < -0.39 is 23.8 Å². The molecular weight excluding hydrogens is 398 g/mol. The van der Waals surface area contributed by atoms with E-state index in [4.69, 9.17) is 14.2 Å². The minimum Gasteiger partial charge on any atom is -0.494 e. The van der Waals surface area contributed by atoms with Gasteiger partial charge in [0, 0.05) is 22.9 Å². The molecule has 0 fully saturated rings. The van der Waals surface area contributed by atoms with Crippen LogP contribution >= 0.6 is 0 Å². The first-order valence-electron chi connectivity index (χ1n) is 10.6. The maximum Gasteiger partial charge on any atom is 0.336 e. The molecule has 0 bridgehead atoms. The standard InChI is InChI=1S/C24H29NO6/c1-6-30-16-10-8-9-15(12-16)20-19(24(28)31-7-2)14(4)25-17-11-13(3)18(23(27)29-5)22(26)21(17)20/h8-10,12-13,18,20,25H,6-7,11H2,1-5H3/t13-,18+,20-/m1/s1. The van der Waals surface area contributed by atoms with Crippen molar-refractivity contribution in [3.05, 3.63) is 52.4 Å². The molecular formula is C24H29NO6. The van der Waals surface area contributed by atoms with Gasteiger partial charge >= 0.3 is 11.9 Å². The molecule has 7 heteroatoms. The van der Waals surface area contributed by atoms with Crippen molar-refractivity contribution in [2.75, 3.05) is 20.3 Å². The highest BCUT2D eigenvalue weighted by Gasteiger charge is 2.47. The monoisotopic (exact) mass is 427 g/mol. The Morgan fingerprint density at radius 2 is 1.94 bits per heavy atom. The molecule has 0 aromatic heterocycles. The Balaban J connectivity index is 2.19. The summed E-state index contributed by atoms with van der Waals surface area (Å²) in [4.78, 5) is 39.0. The molecule has 0 radical (unpaired) electrons. The van der Waals surface area contributed by atoms with Crippen LogP contribution in [0.4, 0.5) is 0 Å². The number of ether oxygens (including phenoxy) is 3. The number of Topliss-reactive ketones (excluding diaryl/α,β-unsaturated/α-hetero) is 1. The number of nitrogens with one attached hydrogen (secondary N) is 1. The van der Waals surface area contributed by atoms with E-state index >= 15 is 0 Å².